The number of ether oxygens (including phenoxy) is 2. The molecular formula is C18H17ClN2O4. The smallest absolute Gasteiger partial charge is 0.271 e. The van der Waals surface area contributed by atoms with E-state index in [0.29, 0.717) is 29.8 Å². The number of nitrogens with zero attached hydrogens (tertiary/aromatic N) is 1. The summed E-state index contributed by atoms with van der Waals surface area (Å²) >= 11 is 6.23. The van der Waals surface area contributed by atoms with Crippen molar-refractivity contribution in [3.8, 4) is 11.5 Å². The molecule has 1 fully saturated rings. The highest BCUT2D eigenvalue weighted by Gasteiger charge is 2.33. The highest BCUT2D eigenvalue weighted by molar-refractivity contribution is 6.33. The zero-order valence-corrected chi connectivity index (χ0v) is 14.2. The normalized spacial score (nSPS) is 17.0. The van der Waals surface area contributed by atoms with Crippen molar-refractivity contribution in [2.45, 2.75) is 18.9 Å². The van der Waals surface area contributed by atoms with E-state index in [0.717, 1.165) is 29.9 Å². The molecule has 1 aliphatic carbocycles. The van der Waals surface area contributed by atoms with Crippen LogP contribution in [-0.4, -0.2) is 18.1 Å². The lowest BCUT2D eigenvalue weighted by Crippen LogP contribution is -2.17. The third-order valence-corrected chi connectivity index (χ3v) is 4.81. The maximum absolute atomic E-state index is 10.9. The number of nitro groups is 1. The predicted octanol–water partition coefficient (Wildman–Crippen LogP) is 4.58. The van der Waals surface area contributed by atoms with E-state index in [1.807, 2.05) is 18.2 Å². The van der Waals surface area contributed by atoms with Crippen LogP contribution in [0.3, 0.4) is 0 Å². The van der Waals surface area contributed by atoms with Crippen LogP contribution >= 0.6 is 11.6 Å². The summed E-state index contributed by atoms with van der Waals surface area (Å²) in [5.74, 6) is 2.03. The second-order valence-corrected chi connectivity index (χ2v) is 6.69. The lowest BCUT2D eigenvalue weighted by atomic mass is 10.0. The van der Waals surface area contributed by atoms with Gasteiger partial charge in [0.15, 0.2) is 11.5 Å². The van der Waals surface area contributed by atoms with Crippen LogP contribution in [0.5, 0.6) is 11.5 Å². The second kappa shape index (κ2) is 6.44. The van der Waals surface area contributed by atoms with Crippen LogP contribution in [0.15, 0.2) is 36.4 Å². The summed E-state index contributed by atoms with van der Waals surface area (Å²) in [4.78, 5) is 10.4. The number of hydrogen-bond acceptors (Lipinski definition) is 5. The van der Waals surface area contributed by atoms with Gasteiger partial charge in [0, 0.05) is 12.1 Å². The fourth-order valence-electron chi connectivity index (χ4n) is 3.06. The summed E-state index contributed by atoms with van der Waals surface area (Å²) < 4.78 is 11.3. The number of non-ortho nitro benzene ring substituents is 1. The number of hydrogen-bond donors (Lipinski definition) is 1. The third kappa shape index (κ3) is 3.35. The SMILES string of the molecule is O=[N+]([O-])c1ccc(NC(c2ccc3c(c2)OCCO3)C2CC2)c(Cl)c1. The number of halogens is 1. The monoisotopic (exact) mass is 360 g/mol. The summed E-state index contributed by atoms with van der Waals surface area (Å²) in [6.45, 7) is 1.11. The number of anilines is 1. The van der Waals surface area contributed by atoms with Gasteiger partial charge < -0.3 is 14.8 Å². The fraction of sp³-hybridized carbons (Fsp3) is 0.333. The minimum absolute atomic E-state index is 0.0159. The lowest BCUT2D eigenvalue weighted by Gasteiger charge is -2.24. The van der Waals surface area contributed by atoms with E-state index in [1.165, 1.54) is 12.1 Å². The Labute approximate surface area is 149 Å². The van der Waals surface area contributed by atoms with Crippen LogP contribution in [0.2, 0.25) is 5.02 Å². The molecule has 0 aromatic heterocycles. The van der Waals surface area contributed by atoms with Gasteiger partial charge in [0.1, 0.15) is 13.2 Å². The van der Waals surface area contributed by atoms with E-state index in [4.69, 9.17) is 21.1 Å². The molecule has 1 atom stereocenters. The van der Waals surface area contributed by atoms with Gasteiger partial charge in [-0.3, -0.25) is 10.1 Å². The number of fused-ring (bicyclic) bond motifs is 1. The van der Waals surface area contributed by atoms with Crippen molar-refractivity contribution in [2.24, 2.45) is 5.92 Å². The van der Waals surface area contributed by atoms with Crippen molar-refractivity contribution in [1.82, 2.24) is 0 Å². The Balaban J connectivity index is 1.61. The molecule has 0 spiro atoms. The van der Waals surface area contributed by atoms with Gasteiger partial charge in [-0.2, -0.15) is 0 Å². The zero-order chi connectivity index (χ0) is 17.4. The first-order valence-electron chi connectivity index (χ1n) is 8.22. The summed E-state index contributed by atoms with van der Waals surface area (Å²) in [7, 11) is 0. The quantitative estimate of drug-likeness (QED) is 0.624. The molecule has 7 heteroatoms. The van der Waals surface area contributed by atoms with Crippen molar-refractivity contribution in [3.63, 3.8) is 0 Å². The maximum Gasteiger partial charge on any atom is 0.271 e. The Morgan fingerprint density at radius 2 is 1.88 bits per heavy atom. The van der Waals surface area contributed by atoms with Crippen molar-refractivity contribution in [1.29, 1.82) is 0 Å². The van der Waals surface area contributed by atoms with Gasteiger partial charge in [0.25, 0.3) is 5.69 Å². The van der Waals surface area contributed by atoms with Gasteiger partial charge >= 0.3 is 0 Å². The van der Waals surface area contributed by atoms with Crippen LogP contribution < -0.4 is 14.8 Å². The van der Waals surface area contributed by atoms with E-state index in [-0.39, 0.29) is 11.7 Å². The van der Waals surface area contributed by atoms with E-state index >= 15 is 0 Å². The Hall–Kier alpha value is -2.47. The second-order valence-electron chi connectivity index (χ2n) is 6.28. The van der Waals surface area contributed by atoms with Crippen LogP contribution in [-0.2, 0) is 0 Å². The van der Waals surface area contributed by atoms with Gasteiger partial charge in [-0.25, -0.2) is 0 Å². The third-order valence-electron chi connectivity index (χ3n) is 4.49. The molecule has 4 rings (SSSR count). The van der Waals surface area contributed by atoms with Gasteiger partial charge in [-0.1, -0.05) is 17.7 Å². The Bertz CT molecular complexity index is 823. The largest absolute Gasteiger partial charge is 0.486 e. The molecule has 1 saturated carbocycles. The summed E-state index contributed by atoms with van der Waals surface area (Å²) in [5, 5.41) is 14.7. The van der Waals surface area contributed by atoms with Crippen LogP contribution in [0.25, 0.3) is 0 Å². The Morgan fingerprint density at radius 3 is 2.56 bits per heavy atom. The summed E-state index contributed by atoms with van der Waals surface area (Å²) in [5.41, 5.74) is 1.78. The molecule has 2 aliphatic rings. The summed E-state index contributed by atoms with van der Waals surface area (Å²) in [6, 6.07) is 10.5. The fourth-order valence-corrected chi connectivity index (χ4v) is 3.29. The molecule has 6 nitrogen and oxygen atoms in total. The molecule has 1 aliphatic heterocycles. The number of rotatable bonds is 5. The van der Waals surface area contributed by atoms with Gasteiger partial charge in [0.2, 0.25) is 0 Å². The van der Waals surface area contributed by atoms with E-state index in [9.17, 15) is 10.1 Å². The molecule has 1 heterocycles. The summed E-state index contributed by atoms with van der Waals surface area (Å²) in [6.07, 6.45) is 2.27. The molecule has 2 aromatic rings. The highest BCUT2D eigenvalue weighted by Crippen LogP contribution is 2.45. The van der Waals surface area contributed by atoms with Gasteiger partial charge in [-0.05, 0) is 42.5 Å². The maximum atomic E-state index is 10.9. The standard InChI is InChI=1S/C18H17ClN2O4/c19-14-10-13(21(22)23)4-5-15(14)20-18(11-1-2-11)12-3-6-16-17(9-12)25-8-7-24-16/h3-6,9-11,18,20H,1-2,7-8H2. The lowest BCUT2D eigenvalue weighted by molar-refractivity contribution is -0.384. The van der Waals surface area contributed by atoms with E-state index in [2.05, 4.69) is 5.32 Å². The number of benzene rings is 2. The van der Waals surface area contributed by atoms with Gasteiger partial charge in [0.05, 0.1) is 21.7 Å². The van der Waals surface area contributed by atoms with E-state index < -0.39 is 4.92 Å². The Kier molecular flexibility index (Phi) is 4.13. The molecule has 130 valence electrons. The molecule has 1 unspecified atom stereocenters. The first kappa shape index (κ1) is 16.0. The van der Waals surface area contributed by atoms with Crippen molar-refractivity contribution >= 4 is 23.0 Å². The van der Waals surface area contributed by atoms with Crippen LogP contribution in [0, 0.1) is 16.0 Å². The molecule has 1 N–H and O–H groups in total. The first-order valence-corrected chi connectivity index (χ1v) is 8.59. The first-order chi connectivity index (χ1) is 12.1. The number of nitrogens with one attached hydrogen (secondary N) is 1. The van der Waals surface area contributed by atoms with Crippen LogP contribution in [0.4, 0.5) is 11.4 Å². The molecule has 25 heavy (non-hydrogen) atoms. The molecule has 0 radical (unpaired) electrons. The predicted molar refractivity (Wildman–Crippen MR) is 94.6 cm³/mol. The van der Waals surface area contributed by atoms with Crippen molar-refractivity contribution in [3.05, 3.63) is 57.1 Å². The average Bonchev–Trinajstić information content (AvgIpc) is 3.45. The zero-order valence-electron chi connectivity index (χ0n) is 13.4. The van der Waals surface area contributed by atoms with E-state index in [1.54, 1.807) is 6.07 Å². The molecule has 0 saturated heterocycles. The molecule has 0 bridgehead atoms. The van der Waals surface area contributed by atoms with Crippen LogP contribution in [0.1, 0.15) is 24.4 Å². The number of nitro benzene ring substituents is 1. The van der Waals surface area contributed by atoms with Crippen molar-refractivity contribution in [2.75, 3.05) is 18.5 Å². The molecule has 0 amide bonds. The van der Waals surface area contributed by atoms with Gasteiger partial charge in [-0.15, -0.1) is 0 Å². The highest BCUT2D eigenvalue weighted by atomic mass is 35.5. The molecular weight excluding hydrogens is 344 g/mol. The minimum Gasteiger partial charge on any atom is -0.486 e. The van der Waals surface area contributed by atoms with Crippen molar-refractivity contribution < 1.29 is 14.4 Å². The Morgan fingerprint density at radius 1 is 1.12 bits per heavy atom. The molecule has 2 aromatic carbocycles. The minimum atomic E-state index is -0.450. The topological polar surface area (TPSA) is 73.6 Å². The average molecular weight is 361 g/mol.